The highest BCUT2D eigenvalue weighted by atomic mass is 127. The Bertz CT molecular complexity index is 164. The molecule has 1 nitrogen and oxygen atoms in total. The summed E-state index contributed by atoms with van der Waals surface area (Å²) >= 11 is 6.61. The summed E-state index contributed by atoms with van der Waals surface area (Å²) in [4.78, 5) is 0. The number of aliphatic hydroxyl groups excluding tert-OH is 1. The Balaban J connectivity index is 3.63. The van der Waals surface area contributed by atoms with E-state index in [1.165, 1.54) is 32.1 Å². The van der Waals surface area contributed by atoms with Crippen LogP contribution in [0.4, 0.5) is 0 Å². The predicted octanol–water partition coefficient (Wildman–Crippen LogP) is 5.36. The van der Waals surface area contributed by atoms with Gasteiger partial charge in [0.15, 0.2) is 3.77 Å². The molecule has 4 heteroatoms. The van der Waals surface area contributed by atoms with Crippen LogP contribution in [0.3, 0.4) is 0 Å². The Kier molecular flexibility index (Phi) is 10.2. The Morgan fingerprint density at radius 3 is 2.31 bits per heavy atom. The number of hydrogen-bond acceptors (Lipinski definition) is 1. The van der Waals surface area contributed by atoms with E-state index >= 15 is 0 Å². The van der Waals surface area contributed by atoms with Crippen molar-refractivity contribution in [3.05, 3.63) is 7.35 Å². The van der Waals surface area contributed by atoms with E-state index in [9.17, 15) is 5.11 Å². The molecule has 0 aromatic heterocycles. The minimum atomic E-state index is 0.452. The minimum Gasteiger partial charge on any atom is -0.502 e. The van der Waals surface area contributed by atoms with Gasteiger partial charge >= 0.3 is 0 Å². The number of allylic oxidation sites excluding steroid dienone is 1. The third-order valence-corrected chi connectivity index (χ3v) is 7.10. The first kappa shape index (κ1) is 14.7. The van der Waals surface area contributed by atoms with Crippen LogP contribution in [-0.2, 0) is 0 Å². The zero-order valence-electron chi connectivity index (χ0n) is 7.69. The molecule has 0 spiro atoms. The maximum absolute atomic E-state index is 9.25. The average molecular weight is 520 g/mol. The maximum Gasteiger partial charge on any atom is 0.163 e. The fourth-order valence-corrected chi connectivity index (χ4v) is 3.02. The summed E-state index contributed by atoms with van der Waals surface area (Å²) in [7, 11) is 0. The number of hydrogen-bond donors (Lipinski definition) is 1. The van der Waals surface area contributed by atoms with E-state index in [0.29, 0.717) is 7.69 Å². The Labute approximate surface area is 122 Å². The van der Waals surface area contributed by atoms with Gasteiger partial charge in [0.1, 0.15) is 0 Å². The van der Waals surface area contributed by atoms with Crippen molar-refractivity contribution in [3.63, 3.8) is 0 Å². The molecule has 0 aromatic rings. The predicted molar refractivity (Wildman–Crippen MR) is 84.3 cm³/mol. The number of aliphatic hydroxyl groups is 1. The monoisotopic (exact) mass is 520 g/mol. The third-order valence-electron chi connectivity index (χ3n) is 1.78. The molecule has 1 N–H and O–H groups in total. The van der Waals surface area contributed by atoms with Crippen LogP contribution in [0.5, 0.6) is 0 Å². The molecular formula is C9H15I3O. The summed E-state index contributed by atoms with van der Waals surface area (Å²) in [6.45, 7) is 2.22. The van der Waals surface area contributed by atoms with Gasteiger partial charge in [-0.1, -0.05) is 55.2 Å². The number of unbranched alkanes of at least 4 members (excludes halogenated alkanes) is 3. The largest absolute Gasteiger partial charge is 0.502 e. The third kappa shape index (κ3) is 7.64. The lowest BCUT2D eigenvalue weighted by Crippen LogP contribution is -1.98. The Hall–Kier alpha value is 1.73. The molecule has 0 bridgehead atoms. The highest BCUT2D eigenvalue weighted by molar-refractivity contribution is 14.1. The molecule has 0 aliphatic carbocycles. The van der Waals surface area contributed by atoms with E-state index < -0.39 is 0 Å². The molecule has 0 aromatic carbocycles. The van der Waals surface area contributed by atoms with Gasteiger partial charge in [0.05, 0.1) is 3.58 Å². The van der Waals surface area contributed by atoms with E-state index in [2.05, 4.69) is 52.1 Å². The smallest absolute Gasteiger partial charge is 0.163 e. The SMILES string of the molecule is CCCCCCC(I)C(I)=C(O)I. The summed E-state index contributed by atoms with van der Waals surface area (Å²) in [5.74, 6) is 0. The summed E-state index contributed by atoms with van der Waals surface area (Å²) in [6, 6.07) is 0. The van der Waals surface area contributed by atoms with Gasteiger partial charge < -0.3 is 5.11 Å². The van der Waals surface area contributed by atoms with E-state index in [4.69, 9.17) is 0 Å². The van der Waals surface area contributed by atoms with Crippen LogP contribution in [0, 0.1) is 0 Å². The molecule has 0 saturated carbocycles. The van der Waals surface area contributed by atoms with Crippen molar-refractivity contribution in [2.24, 2.45) is 0 Å². The number of halogens is 3. The van der Waals surface area contributed by atoms with Gasteiger partial charge in [-0.25, -0.2) is 0 Å². The van der Waals surface area contributed by atoms with Gasteiger partial charge in [-0.05, 0) is 51.6 Å². The first-order valence-electron chi connectivity index (χ1n) is 4.47. The zero-order valence-corrected chi connectivity index (χ0v) is 14.2. The summed E-state index contributed by atoms with van der Waals surface area (Å²) < 4.78 is 2.04. The molecule has 0 radical (unpaired) electrons. The van der Waals surface area contributed by atoms with Crippen LogP contribution >= 0.6 is 67.8 Å². The summed E-state index contributed by atoms with van der Waals surface area (Å²) in [6.07, 6.45) is 6.40. The lowest BCUT2D eigenvalue weighted by Gasteiger charge is -2.08. The van der Waals surface area contributed by atoms with E-state index in [1.54, 1.807) is 0 Å². The lowest BCUT2D eigenvalue weighted by atomic mass is 10.1. The first-order valence-corrected chi connectivity index (χ1v) is 7.88. The first-order chi connectivity index (χ1) is 6.09. The molecule has 1 atom stereocenters. The molecule has 13 heavy (non-hydrogen) atoms. The molecule has 1 unspecified atom stereocenters. The van der Waals surface area contributed by atoms with Gasteiger partial charge in [-0.3, -0.25) is 0 Å². The molecule has 0 aliphatic heterocycles. The fraction of sp³-hybridized carbons (Fsp3) is 0.778. The topological polar surface area (TPSA) is 20.2 Å². The van der Waals surface area contributed by atoms with Gasteiger partial charge in [0, 0.05) is 3.92 Å². The van der Waals surface area contributed by atoms with Crippen molar-refractivity contribution in [1.29, 1.82) is 0 Å². The van der Waals surface area contributed by atoms with Crippen molar-refractivity contribution in [3.8, 4) is 0 Å². The van der Waals surface area contributed by atoms with Crippen LogP contribution < -0.4 is 0 Å². The van der Waals surface area contributed by atoms with Gasteiger partial charge in [0.2, 0.25) is 0 Å². The second-order valence-corrected chi connectivity index (χ2v) is 6.64. The standard InChI is InChI=1S/C9H15I3O/c1-2-3-4-5-6-7(10)8(11)9(12)13/h7,13H,2-6H2,1H3. The highest BCUT2D eigenvalue weighted by Crippen LogP contribution is 2.29. The zero-order chi connectivity index (χ0) is 10.3. The molecule has 0 rings (SSSR count). The number of rotatable bonds is 6. The fourth-order valence-electron chi connectivity index (χ4n) is 1.01. The van der Waals surface area contributed by atoms with Crippen LogP contribution in [0.15, 0.2) is 7.35 Å². The number of alkyl halides is 1. The normalized spacial score (nSPS) is 15.4. The van der Waals surface area contributed by atoms with Crippen LogP contribution in [0.1, 0.15) is 39.0 Å². The van der Waals surface area contributed by atoms with E-state index in [-0.39, 0.29) is 0 Å². The lowest BCUT2D eigenvalue weighted by molar-refractivity contribution is 0.461. The van der Waals surface area contributed by atoms with Crippen molar-refractivity contribution in [2.45, 2.75) is 43.0 Å². The molecule has 0 heterocycles. The van der Waals surface area contributed by atoms with Crippen molar-refractivity contribution in [1.82, 2.24) is 0 Å². The molecule has 0 fully saturated rings. The van der Waals surface area contributed by atoms with Crippen molar-refractivity contribution < 1.29 is 5.11 Å². The van der Waals surface area contributed by atoms with E-state index in [0.717, 1.165) is 3.58 Å². The molecule has 0 aliphatic rings. The minimum absolute atomic E-state index is 0.452. The maximum atomic E-state index is 9.25. The Morgan fingerprint density at radius 2 is 1.85 bits per heavy atom. The van der Waals surface area contributed by atoms with Crippen LogP contribution in [-0.4, -0.2) is 9.03 Å². The summed E-state index contributed by atoms with van der Waals surface area (Å²) in [5.41, 5.74) is 0. The second-order valence-electron chi connectivity index (χ2n) is 2.96. The molecule has 0 amide bonds. The average Bonchev–Trinajstić information content (AvgIpc) is 2.10. The highest BCUT2D eigenvalue weighted by Gasteiger charge is 2.10. The van der Waals surface area contributed by atoms with Gasteiger partial charge in [-0.15, -0.1) is 0 Å². The summed E-state index contributed by atoms with van der Waals surface area (Å²) in [5, 5.41) is 9.25. The Morgan fingerprint density at radius 1 is 1.23 bits per heavy atom. The second kappa shape index (κ2) is 8.99. The van der Waals surface area contributed by atoms with Gasteiger partial charge in [-0.2, -0.15) is 0 Å². The quantitative estimate of drug-likeness (QED) is 0.217. The van der Waals surface area contributed by atoms with Crippen LogP contribution in [0.2, 0.25) is 0 Å². The van der Waals surface area contributed by atoms with Gasteiger partial charge in [0.25, 0.3) is 0 Å². The molecular weight excluding hydrogens is 505 g/mol. The molecule has 0 saturated heterocycles. The molecule has 78 valence electrons. The van der Waals surface area contributed by atoms with Crippen molar-refractivity contribution >= 4 is 67.8 Å². The van der Waals surface area contributed by atoms with E-state index in [1.807, 2.05) is 22.6 Å². The van der Waals surface area contributed by atoms with Crippen molar-refractivity contribution in [2.75, 3.05) is 0 Å². The van der Waals surface area contributed by atoms with Crippen LogP contribution in [0.25, 0.3) is 0 Å².